The molecule has 0 saturated carbocycles. The highest BCUT2D eigenvalue weighted by Gasteiger charge is 2.28. The molecule has 1 aliphatic rings. The van der Waals surface area contributed by atoms with Crippen LogP contribution in [0.2, 0.25) is 0 Å². The highest BCUT2D eigenvalue weighted by Crippen LogP contribution is 2.10. The molecule has 0 aromatic carbocycles. The van der Waals surface area contributed by atoms with Crippen molar-refractivity contribution in [3.8, 4) is 0 Å². The van der Waals surface area contributed by atoms with Gasteiger partial charge in [-0.2, -0.15) is 0 Å². The Hall–Kier alpha value is -1.30. The van der Waals surface area contributed by atoms with Crippen molar-refractivity contribution in [2.45, 2.75) is 26.3 Å². The number of ether oxygens (including phenoxy) is 2. The topological polar surface area (TPSA) is 67.9 Å². The number of carbonyl (C=O) groups is 2. The van der Waals surface area contributed by atoms with Crippen LogP contribution in [0.25, 0.3) is 0 Å². The maximum atomic E-state index is 12.0. The van der Waals surface area contributed by atoms with Gasteiger partial charge in [-0.15, -0.1) is 0 Å². The Morgan fingerprint density at radius 3 is 2.50 bits per heavy atom. The summed E-state index contributed by atoms with van der Waals surface area (Å²) in [6.07, 6.45) is 0.795. The smallest absolute Gasteiger partial charge is 0.328 e. The first kappa shape index (κ1) is 14.8. The van der Waals surface area contributed by atoms with Gasteiger partial charge in [0.15, 0.2) is 0 Å². The van der Waals surface area contributed by atoms with E-state index in [0.717, 1.165) is 6.42 Å². The second-order valence-corrected chi connectivity index (χ2v) is 4.44. The summed E-state index contributed by atoms with van der Waals surface area (Å²) < 4.78 is 9.91. The van der Waals surface area contributed by atoms with Gasteiger partial charge in [0.1, 0.15) is 6.04 Å². The largest absolute Gasteiger partial charge is 0.467 e. The van der Waals surface area contributed by atoms with E-state index in [4.69, 9.17) is 9.47 Å². The average Bonchev–Trinajstić information content (AvgIpc) is 2.43. The molecule has 6 nitrogen and oxygen atoms in total. The van der Waals surface area contributed by atoms with Gasteiger partial charge < -0.3 is 19.7 Å². The summed E-state index contributed by atoms with van der Waals surface area (Å²) in [6.45, 7) is 6.09. The van der Waals surface area contributed by atoms with Crippen molar-refractivity contribution in [2.75, 3.05) is 33.4 Å². The number of rotatable bonds is 4. The lowest BCUT2D eigenvalue weighted by Crippen LogP contribution is -2.53. The second kappa shape index (κ2) is 7.20. The Balaban J connectivity index is 2.58. The lowest BCUT2D eigenvalue weighted by Gasteiger charge is -2.30. The van der Waals surface area contributed by atoms with Crippen LogP contribution in [-0.4, -0.2) is 56.4 Å². The third-order valence-electron chi connectivity index (χ3n) is 3.25. The van der Waals surface area contributed by atoms with E-state index in [1.165, 1.54) is 7.11 Å². The Bertz CT molecular complexity index is 290. The molecule has 1 fully saturated rings. The van der Waals surface area contributed by atoms with E-state index in [2.05, 4.69) is 5.32 Å². The molecule has 0 aliphatic carbocycles. The first-order valence-corrected chi connectivity index (χ1v) is 6.31. The van der Waals surface area contributed by atoms with Gasteiger partial charge in [-0.1, -0.05) is 20.3 Å². The zero-order chi connectivity index (χ0) is 13.5. The van der Waals surface area contributed by atoms with Gasteiger partial charge in [0.05, 0.1) is 20.3 Å². The van der Waals surface area contributed by atoms with Crippen molar-refractivity contribution in [1.82, 2.24) is 10.2 Å². The van der Waals surface area contributed by atoms with Gasteiger partial charge >= 0.3 is 12.0 Å². The summed E-state index contributed by atoms with van der Waals surface area (Å²) in [6, 6.07) is -0.815. The SMILES string of the molecule is CCC(C)C(NC(=O)N1CCOCC1)C(=O)OC. The molecule has 2 amide bonds. The first-order chi connectivity index (χ1) is 8.60. The van der Waals surface area contributed by atoms with Crippen LogP contribution in [0.5, 0.6) is 0 Å². The fourth-order valence-electron chi connectivity index (χ4n) is 1.79. The van der Waals surface area contributed by atoms with Gasteiger partial charge in [-0.25, -0.2) is 9.59 Å². The molecule has 1 heterocycles. The van der Waals surface area contributed by atoms with Crippen molar-refractivity contribution in [1.29, 1.82) is 0 Å². The molecule has 0 spiro atoms. The number of morpholine rings is 1. The van der Waals surface area contributed by atoms with Crippen LogP contribution >= 0.6 is 0 Å². The Morgan fingerprint density at radius 2 is 2.00 bits per heavy atom. The van der Waals surface area contributed by atoms with Crippen LogP contribution in [0.1, 0.15) is 20.3 Å². The first-order valence-electron chi connectivity index (χ1n) is 6.31. The van der Waals surface area contributed by atoms with E-state index in [-0.39, 0.29) is 11.9 Å². The number of methoxy groups -OCH3 is 1. The van der Waals surface area contributed by atoms with E-state index in [1.807, 2.05) is 13.8 Å². The molecule has 6 heteroatoms. The molecule has 2 unspecified atom stereocenters. The Labute approximate surface area is 108 Å². The number of amides is 2. The molecular weight excluding hydrogens is 236 g/mol. The molecule has 0 bridgehead atoms. The van der Waals surface area contributed by atoms with Crippen molar-refractivity contribution in [3.05, 3.63) is 0 Å². The highest BCUT2D eigenvalue weighted by atomic mass is 16.5. The van der Waals surface area contributed by atoms with E-state index in [1.54, 1.807) is 4.90 Å². The predicted octanol–water partition coefficient (Wildman–Crippen LogP) is 0.616. The average molecular weight is 258 g/mol. The molecule has 1 rings (SSSR count). The van der Waals surface area contributed by atoms with Gasteiger partial charge in [-0.05, 0) is 5.92 Å². The van der Waals surface area contributed by atoms with Gasteiger partial charge in [-0.3, -0.25) is 0 Å². The minimum absolute atomic E-state index is 0.0439. The van der Waals surface area contributed by atoms with Crippen LogP contribution < -0.4 is 5.32 Å². The molecule has 18 heavy (non-hydrogen) atoms. The van der Waals surface area contributed by atoms with E-state index in [0.29, 0.717) is 26.3 Å². The Morgan fingerprint density at radius 1 is 1.39 bits per heavy atom. The summed E-state index contributed by atoms with van der Waals surface area (Å²) in [5, 5.41) is 2.74. The Kier molecular flexibility index (Phi) is 5.91. The summed E-state index contributed by atoms with van der Waals surface area (Å²) in [5.41, 5.74) is 0. The normalized spacial score (nSPS) is 18.9. The number of carbonyl (C=O) groups excluding carboxylic acids is 2. The number of hydrogen-bond acceptors (Lipinski definition) is 4. The van der Waals surface area contributed by atoms with Crippen molar-refractivity contribution in [3.63, 3.8) is 0 Å². The summed E-state index contributed by atoms with van der Waals surface area (Å²) in [5.74, 6) is -0.353. The summed E-state index contributed by atoms with van der Waals surface area (Å²) >= 11 is 0. The fourth-order valence-corrected chi connectivity index (χ4v) is 1.79. The molecule has 0 aromatic rings. The fraction of sp³-hybridized carbons (Fsp3) is 0.833. The molecular formula is C12H22N2O4. The standard InChI is InChI=1S/C12H22N2O4/c1-4-9(2)10(11(15)17-3)13-12(16)14-5-7-18-8-6-14/h9-10H,4-8H2,1-3H3,(H,13,16). The zero-order valence-corrected chi connectivity index (χ0v) is 11.3. The summed E-state index contributed by atoms with van der Waals surface area (Å²) in [7, 11) is 1.33. The second-order valence-electron chi connectivity index (χ2n) is 4.44. The molecule has 1 N–H and O–H groups in total. The number of esters is 1. The van der Waals surface area contributed by atoms with Crippen LogP contribution in [0.15, 0.2) is 0 Å². The molecule has 0 radical (unpaired) electrons. The quantitative estimate of drug-likeness (QED) is 0.750. The molecule has 0 aromatic heterocycles. The van der Waals surface area contributed by atoms with Gasteiger partial charge in [0.25, 0.3) is 0 Å². The van der Waals surface area contributed by atoms with Crippen LogP contribution in [0.4, 0.5) is 4.79 Å². The van der Waals surface area contributed by atoms with E-state index < -0.39 is 12.0 Å². The lowest BCUT2D eigenvalue weighted by atomic mass is 9.99. The van der Waals surface area contributed by atoms with E-state index >= 15 is 0 Å². The lowest BCUT2D eigenvalue weighted by molar-refractivity contribution is -0.144. The summed E-state index contributed by atoms with van der Waals surface area (Å²) in [4.78, 5) is 25.3. The third kappa shape index (κ3) is 3.87. The predicted molar refractivity (Wildman–Crippen MR) is 66.2 cm³/mol. The van der Waals surface area contributed by atoms with Crippen molar-refractivity contribution < 1.29 is 19.1 Å². The van der Waals surface area contributed by atoms with Crippen LogP contribution in [0.3, 0.4) is 0 Å². The van der Waals surface area contributed by atoms with Crippen LogP contribution in [-0.2, 0) is 14.3 Å². The third-order valence-corrected chi connectivity index (χ3v) is 3.25. The monoisotopic (exact) mass is 258 g/mol. The van der Waals surface area contributed by atoms with Gasteiger partial charge in [0.2, 0.25) is 0 Å². The number of hydrogen-bond donors (Lipinski definition) is 1. The maximum Gasteiger partial charge on any atom is 0.328 e. The molecule has 2 atom stereocenters. The number of urea groups is 1. The molecule has 1 saturated heterocycles. The minimum Gasteiger partial charge on any atom is -0.467 e. The minimum atomic E-state index is -0.588. The van der Waals surface area contributed by atoms with Gasteiger partial charge in [0, 0.05) is 13.1 Å². The van der Waals surface area contributed by atoms with Crippen LogP contribution in [0, 0.1) is 5.92 Å². The molecule has 104 valence electrons. The van der Waals surface area contributed by atoms with Crippen molar-refractivity contribution >= 4 is 12.0 Å². The number of nitrogens with one attached hydrogen (secondary N) is 1. The zero-order valence-electron chi connectivity index (χ0n) is 11.3. The van der Waals surface area contributed by atoms with Crippen molar-refractivity contribution in [2.24, 2.45) is 5.92 Å². The molecule has 1 aliphatic heterocycles. The van der Waals surface area contributed by atoms with E-state index in [9.17, 15) is 9.59 Å². The highest BCUT2D eigenvalue weighted by molar-refractivity contribution is 5.83. The maximum absolute atomic E-state index is 12.0. The number of nitrogens with zero attached hydrogens (tertiary/aromatic N) is 1.